The molecule has 0 saturated carbocycles. The highest BCUT2D eigenvalue weighted by atomic mass is 16.4. The lowest BCUT2D eigenvalue weighted by molar-refractivity contribution is 0.496. The summed E-state index contributed by atoms with van der Waals surface area (Å²) in [6, 6.07) is 0. The highest BCUT2D eigenvalue weighted by Crippen LogP contribution is 2.18. The number of aryl methyl sites for hydroxylation is 3. The number of imidazole rings is 2. The van der Waals surface area contributed by atoms with E-state index in [0.29, 0.717) is 5.89 Å². The van der Waals surface area contributed by atoms with Crippen LogP contribution in [0.1, 0.15) is 24.4 Å². The zero-order valence-corrected chi connectivity index (χ0v) is 11.4. The summed E-state index contributed by atoms with van der Waals surface area (Å²) in [6.07, 6.45) is 12.2. The molecule has 6 nitrogen and oxygen atoms in total. The average molecular weight is 271 g/mol. The SMILES string of the molecule is Cc1ncc(-c2ncc(CCCCn3ccnc3)o2)[nH]1. The molecule has 0 amide bonds. The Morgan fingerprint density at radius 2 is 2.20 bits per heavy atom. The van der Waals surface area contributed by atoms with Gasteiger partial charge in [0.05, 0.1) is 18.7 Å². The Kier molecular flexibility index (Phi) is 3.62. The van der Waals surface area contributed by atoms with E-state index in [0.717, 1.165) is 43.1 Å². The van der Waals surface area contributed by atoms with Crippen LogP contribution in [0.2, 0.25) is 0 Å². The lowest BCUT2D eigenvalue weighted by Gasteiger charge is -2.00. The van der Waals surface area contributed by atoms with Crippen molar-refractivity contribution in [1.29, 1.82) is 0 Å². The van der Waals surface area contributed by atoms with E-state index in [9.17, 15) is 0 Å². The second-order valence-electron chi connectivity index (χ2n) is 4.77. The van der Waals surface area contributed by atoms with Crippen LogP contribution < -0.4 is 0 Å². The largest absolute Gasteiger partial charge is 0.440 e. The number of unbranched alkanes of at least 4 members (excludes halogenated alkanes) is 1. The molecule has 0 aromatic carbocycles. The predicted molar refractivity (Wildman–Crippen MR) is 74.0 cm³/mol. The summed E-state index contributed by atoms with van der Waals surface area (Å²) in [4.78, 5) is 15.6. The first-order valence-corrected chi connectivity index (χ1v) is 6.74. The molecule has 0 fully saturated rings. The third-order valence-electron chi connectivity index (χ3n) is 3.14. The number of nitrogens with zero attached hydrogens (tertiary/aromatic N) is 4. The predicted octanol–water partition coefficient (Wildman–Crippen LogP) is 2.59. The molecule has 0 bridgehead atoms. The van der Waals surface area contributed by atoms with Gasteiger partial charge in [-0.25, -0.2) is 15.0 Å². The van der Waals surface area contributed by atoms with Crippen molar-refractivity contribution in [3.63, 3.8) is 0 Å². The van der Waals surface area contributed by atoms with Crippen LogP contribution in [0.5, 0.6) is 0 Å². The van der Waals surface area contributed by atoms with Gasteiger partial charge in [0.1, 0.15) is 17.3 Å². The number of rotatable bonds is 6. The number of aromatic amines is 1. The minimum absolute atomic E-state index is 0.607. The van der Waals surface area contributed by atoms with E-state index in [2.05, 4.69) is 24.5 Å². The van der Waals surface area contributed by atoms with Crippen molar-refractivity contribution >= 4 is 0 Å². The molecule has 6 heteroatoms. The summed E-state index contributed by atoms with van der Waals surface area (Å²) in [5, 5.41) is 0. The maximum Gasteiger partial charge on any atom is 0.244 e. The third-order valence-corrected chi connectivity index (χ3v) is 3.14. The summed E-state index contributed by atoms with van der Waals surface area (Å²) in [7, 11) is 0. The van der Waals surface area contributed by atoms with Gasteiger partial charge in [-0.1, -0.05) is 0 Å². The molecule has 20 heavy (non-hydrogen) atoms. The molecule has 3 aromatic rings. The number of oxazole rings is 1. The Morgan fingerprint density at radius 1 is 1.25 bits per heavy atom. The molecule has 0 aliphatic rings. The van der Waals surface area contributed by atoms with E-state index in [1.54, 1.807) is 18.6 Å². The van der Waals surface area contributed by atoms with Gasteiger partial charge in [0, 0.05) is 25.4 Å². The number of hydrogen-bond acceptors (Lipinski definition) is 4. The van der Waals surface area contributed by atoms with Gasteiger partial charge in [0.15, 0.2) is 0 Å². The maximum absolute atomic E-state index is 5.72. The lowest BCUT2D eigenvalue weighted by atomic mass is 10.2. The van der Waals surface area contributed by atoms with Crippen molar-refractivity contribution in [2.75, 3.05) is 0 Å². The standard InChI is InChI=1S/C14H17N5O/c1-11-16-9-13(18-11)14-17-8-12(20-14)4-2-3-6-19-7-5-15-10-19/h5,7-10H,2-4,6H2,1H3,(H,16,18). The van der Waals surface area contributed by atoms with Crippen LogP contribution in [0.3, 0.4) is 0 Å². The Labute approximate surface area is 116 Å². The number of nitrogens with one attached hydrogen (secondary N) is 1. The monoisotopic (exact) mass is 271 g/mol. The highest BCUT2D eigenvalue weighted by Gasteiger charge is 2.08. The molecule has 0 spiro atoms. The second-order valence-corrected chi connectivity index (χ2v) is 4.77. The molecular formula is C14H17N5O. The van der Waals surface area contributed by atoms with Gasteiger partial charge in [-0.2, -0.15) is 0 Å². The summed E-state index contributed by atoms with van der Waals surface area (Å²) in [6.45, 7) is 2.89. The molecule has 1 N–H and O–H groups in total. The fraction of sp³-hybridized carbons (Fsp3) is 0.357. The minimum atomic E-state index is 0.607. The Morgan fingerprint density at radius 3 is 2.95 bits per heavy atom. The minimum Gasteiger partial charge on any atom is -0.440 e. The van der Waals surface area contributed by atoms with Crippen LogP contribution in [-0.2, 0) is 13.0 Å². The molecule has 0 atom stereocenters. The van der Waals surface area contributed by atoms with Gasteiger partial charge in [-0.3, -0.25) is 0 Å². The van der Waals surface area contributed by atoms with Gasteiger partial charge in [0.2, 0.25) is 5.89 Å². The first-order chi connectivity index (χ1) is 9.81. The maximum atomic E-state index is 5.72. The number of H-pyrrole nitrogens is 1. The van der Waals surface area contributed by atoms with Crippen molar-refractivity contribution in [2.45, 2.75) is 32.7 Å². The fourth-order valence-corrected chi connectivity index (χ4v) is 2.09. The van der Waals surface area contributed by atoms with Crippen LogP contribution in [0, 0.1) is 6.92 Å². The average Bonchev–Trinajstić information content (AvgIpc) is 3.16. The van der Waals surface area contributed by atoms with Crippen LogP contribution in [-0.4, -0.2) is 24.5 Å². The first-order valence-electron chi connectivity index (χ1n) is 6.74. The second kappa shape index (κ2) is 5.73. The molecule has 104 valence electrons. The zero-order chi connectivity index (χ0) is 13.8. The molecule has 0 aliphatic carbocycles. The summed E-state index contributed by atoms with van der Waals surface area (Å²) < 4.78 is 7.80. The molecule has 0 unspecified atom stereocenters. The van der Waals surface area contributed by atoms with Crippen molar-refractivity contribution in [1.82, 2.24) is 24.5 Å². The van der Waals surface area contributed by atoms with Crippen LogP contribution in [0.4, 0.5) is 0 Å². The Hall–Kier alpha value is -2.37. The molecular weight excluding hydrogens is 254 g/mol. The Bertz CT molecular complexity index is 653. The highest BCUT2D eigenvalue weighted by molar-refractivity contribution is 5.45. The summed E-state index contributed by atoms with van der Waals surface area (Å²) in [5.74, 6) is 2.38. The van der Waals surface area contributed by atoms with E-state index in [1.807, 2.05) is 19.4 Å². The summed E-state index contributed by atoms with van der Waals surface area (Å²) >= 11 is 0. The topological polar surface area (TPSA) is 72.5 Å². The van der Waals surface area contributed by atoms with Gasteiger partial charge < -0.3 is 14.0 Å². The smallest absolute Gasteiger partial charge is 0.244 e. The normalized spacial score (nSPS) is 11.1. The lowest BCUT2D eigenvalue weighted by Crippen LogP contribution is -1.95. The van der Waals surface area contributed by atoms with E-state index >= 15 is 0 Å². The quantitative estimate of drug-likeness (QED) is 0.699. The van der Waals surface area contributed by atoms with Crippen LogP contribution in [0.15, 0.2) is 35.5 Å². The van der Waals surface area contributed by atoms with Gasteiger partial charge >= 0.3 is 0 Å². The number of hydrogen-bond donors (Lipinski definition) is 1. The third kappa shape index (κ3) is 2.96. The molecule has 3 rings (SSSR count). The molecule has 0 saturated heterocycles. The van der Waals surface area contributed by atoms with Gasteiger partial charge in [-0.15, -0.1) is 0 Å². The molecule has 3 heterocycles. The summed E-state index contributed by atoms with van der Waals surface area (Å²) in [5.41, 5.74) is 0.826. The first kappa shape index (κ1) is 12.7. The van der Waals surface area contributed by atoms with Crippen molar-refractivity contribution in [3.05, 3.63) is 42.7 Å². The Balaban J connectivity index is 1.50. The molecule has 0 radical (unpaired) electrons. The van der Waals surface area contributed by atoms with E-state index in [4.69, 9.17) is 4.42 Å². The molecule has 3 aromatic heterocycles. The molecule has 0 aliphatic heterocycles. The zero-order valence-electron chi connectivity index (χ0n) is 11.4. The number of aromatic nitrogens is 5. The van der Waals surface area contributed by atoms with Crippen molar-refractivity contribution < 1.29 is 4.42 Å². The van der Waals surface area contributed by atoms with Crippen molar-refractivity contribution in [2.24, 2.45) is 0 Å². The fourth-order valence-electron chi connectivity index (χ4n) is 2.09. The van der Waals surface area contributed by atoms with E-state index in [1.165, 1.54) is 0 Å². The van der Waals surface area contributed by atoms with Gasteiger partial charge in [0.25, 0.3) is 0 Å². The van der Waals surface area contributed by atoms with E-state index in [-0.39, 0.29) is 0 Å². The van der Waals surface area contributed by atoms with Gasteiger partial charge in [-0.05, 0) is 19.8 Å². The van der Waals surface area contributed by atoms with Crippen LogP contribution in [0.25, 0.3) is 11.6 Å². The van der Waals surface area contributed by atoms with Crippen LogP contribution >= 0.6 is 0 Å². The van der Waals surface area contributed by atoms with Crippen molar-refractivity contribution in [3.8, 4) is 11.6 Å². The van der Waals surface area contributed by atoms with E-state index < -0.39 is 0 Å².